The van der Waals surface area contributed by atoms with E-state index in [9.17, 15) is 21.6 Å². The molecule has 1 atom stereocenters. The molecule has 3 aromatic carbocycles. The van der Waals surface area contributed by atoms with Crippen molar-refractivity contribution in [3.63, 3.8) is 0 Å². The number of primary sulfonamides is 1. The standard InChI is InChI=1S/C22H23N3O6S2/c1-16(17-5-3-2-4-6-17)25-33(29,30)21-13-9-19(10-14-21)31-15-22(26)24-18-7-11-20(12-8-18)32(23,27)28/h2-14,16,25H,15H2,1H3,(H,24,26)(H2,23,27,28)/t16-/m1/s1. The molecule has 3 aromatic rings. The lowest BCUT2D eigenvalue weighted by Crippen LogP contribution is -2.26. The fourth-order valence-corrected chi connectivity index (χ4v) is 4.65. The molecule has 1 amide bonds. The molecule has 33 heavy (non-hydrogen) atoms. The first-order chi connectivity index (χ1) is 15.5. The monoisotopic (exact) mass is 489 g/mol. The molecule has 0 spiro atoms. The molecule has 0 aliphatic rings. The zero-order chi connectivity index (χ0) is 24.1. The lowest BCUT2D eigenvalue weighted by molar-refractivity contribution is -0.118. The lowest BCUT2D eigenvalue weighted by atomic mass is 10.1. The van der Waals surface area contributed by atoms with E-state index in [1.54, 1.807) is 6.92 Å². The van der Waals surface area contributed by atoms with Gasteiger partial charge in [0, 0.05) is 11.7 Å². The number of sulfonamides is 2. The van der Waals surface area contributed by atoms with Crippen LogP contribution in [0.5, 0.6) is 5.75 Å². The highest BCUT2D eigenvalue weighted by molar-refractivity contribution is 7.89. The Morgan fingerprint density at radius 2 is 1.45 bits per heavy atom. The van der Waals surface area contributed by atoms with Gasteiger partial charge in [0.15, 0.2) is 6.61 Å². The van der Waals surface area contributed by atoms with Gasteiger partial charge in [0.1, 0.15) is 5.75 Å². The maximum absolute atomic E-state index is 12.6. The van der Waals surface area contributed by atoms with Crippen molar-refractivity contribution in [2.45, 2.75) is 22.8 Å². The van der Waals surface area contributed by atoms with Crippen molar-refractivity contribution in [3.05, 3.63) is 84.4 Å². The molecule has 0 fully saturated rings. The van der Waals surface area contributed by atoms with Crippen molar-refractivity contribution in [2.75, 3.05) is 11.9 Å². The largest absolute Gasteiger partial charge is 0.484 e. The molecule has 0 saturated carbocycles. The van der Waals surface area contributed by atoms with E-state index in [0.29, 0.717) is 11.4 Å². The maximum atomic E-state index is 12.6. The van der Waals surface area contributed by atoms with E-state index in [0.717, 1.165) is 5.56 Å². The van der Waals surface area contributed by atoms with E-state index in [-0.39, 0.29) is 16.4 Å². The van der Waals surface area contributed by atoms with E-state index in [2.05, 4.69) is 10.0 Å². The van der Waals surface area contributed by atoms with Crippen molar-refractivity contribution in [1.29, 1.82) is 0 Å². The summed E-state index contributed by atoms with van der Waals surface area (Å²) in [6, 6.07) is 19.8. The lowest BCUT2D eigenvalue weighted by Gasteiger charge is -2.15. The van der Waals surface area contributed by atoms with Gasteiger partial charge in [-0.3, -0.25) is 4.79 Å². The summed E-state index contributed by atoms with van der Waals surface area (Å²) < 4.78 is 55.8. The zero-order valence-corrected chi connectivity index (χ0v) is 19.3. The van der Waals surface area contributed by atoms with Crippen molar-refractivity contribution in [3.8, 4) is 5.75 Å². The molecular formula is C22H23N3O6S2. The first kappa shape index (κ1) is 24.4. The van der Waals surface area contributed by atoms with Gasteiger partial charge in [-0.05, 0) is 61.0 Å². The minimum Gasteiger partial charge on any atom is -0.484 e. The zero-order valence-electron chi connectivity index (χ0n) is 17.6. The van der Waals surface area contributed by atoms with Crippen LogP contribution in [0, 0.1) is 0 Å². The Bertz CT molecular complexity index is 1310. The van der Waals surface area contributed by atoms with Gasteiger partial charge in [-0.1, -0.05) is 30.3 Å². The summed E-state index contributed by atoms with van der Waals surface area (Å²) in [6.07, 6.45) is 0. The highest BCUT2D eigenvalue weighted by Crippen LogP contribution is 2.20. The van der Waals surface area contributed by atoms with Crippen LogP contribution in [0.15, 0.2) is 88.7 Å². The minimum atomic E-state index is -3.81. The summed E-state index contributed by atoms with van der Waals surface area (Å²) in [5, 5.41) is 7.59. The Balaban J connectivity index is 1.55. The number of amides is 1. The van der Waals surface area contributed by atoms with Crippen molar-refractivity contribution >= 4 is 31.6 Å². The van der Waals surface area contributed by atoms with E-state index < -0.39 is 32.0 Å². The third-order valence-electron chi connectivity index (χ3n) is 4.60. The van der Waals surface area contributed by atoms with Crippen molar-refractivity contribution < 1.29 is 26.4 Å². The Labute approximate surface area is 192 Å². The molecule has 0 aliphatic carbocycles. The molecule has 3 rings (SSSR count). The molecule has 0 aliphatic heterocycles. The molecule has 11 heteroatoms. The SMILES string of the molecule is C[C@@H](NS(=O)(=O)c1ccc(OCC(=O)Nc2ccc(S(N)(=O)=O)cc2)cc1)c1ccccc1. The van der Waals surface area contributed by atoms with Gasteiger partial charge >= 0.3 is 0 Å². The number of nitrogens with two attached hydrogens (primary N) is 1. The molecule has 0 radical (unpaired) electrons. The number of hydrogen-bond acceptors (Lipinski definition) is 6. The number of nitrogens with one attached hydrogen (secondary N) is 2. The fraction of sp³-hybridized carbons (Fsp3) is 0.136. The molecule has 4 N–H and O–H groups in total. The molecule has 174 valence electrons. The Hall–Kier alpha value is -3.25. The van der Waals surface area contributed by atoms with Gasteiger partial charge in [-0.25, -0.2) is 26.7 Å². The van der Waals surface area contributed by atoms with Gasteiger partial charge in [-0.2, -0.15) is 0 Å². The predicted octanol–water partition coefficient (Wildman–Crippen LogP) is 2.39. The number of benzene rings is 3. The average molecular weight is 490 g/mol. The van der Waals surface area contributed by atoms with E-state index in [4.69, 9.17) is 9.88 Å². The van der Waals surface area contributed by atoms with Gasteiger partial charge in [0.25, 0.3) is 5.91 Å². The van der Waals surface area contributed by atoms with Crippen LogP contribution < -0.4 is 19.9 Å². The number of anilines is 1. The molecule has 0 saturated heterocycles. The topological polar surface area (TPSA) is 145 Å². The number of ether oxygens (including phenoxy) is 1. The Kier molecular flexibility index (Phi) is 7.49. The van der Waals surface area contributed by atoms with Gasteiger partial charge < -0.3 is 10.1 Å². The minimum absolute atomic E-state index is 0.0667. The first-order valence-electron chi connectivity index (χ1n) is 9.77. The molecule has 0 heterocycles. The number of rotatable bonds is 9. The molecule has 0 aromatic heterocycles. The van der Waals surface area contributed by atoms with Gasteiger partial charge in [-0.15, -0.1) is 0 Å². The summed E-state index contributed by atoms with van der Waals surface area (Å²) in [7, 11) is -7.56. The third kappa shape index (κ3) is 6.86. The summed E-state index contributed by atoms with van der Waals surface area (Å²) in [4.78, 5) is 12.1. The first-order valence-corrected chi connectivity index (χ1v) is 12.8. The molecule has 0 unspecified atom stereocenters. The van der Waals surface area contributed by atoms with Crippen LogP contribution in [-0.2, 0) is 24.8 Å². The van der Waals surface area contributed by atoms with Crippen LogP contribution in [0.4, 0.5) is 5.69 Å². The smallest absolute Gasteiger partial charge is 0.262 e. The maximum Gasteiger partial charge on any atom is 0.262 e. The number of carbonyl (C=O) groups excluding carboxylic acids is 1. The number of hydrogen-bond donors (Lipinski definition) is 3. The van der Waals surface area contributed by atoms with Crippen LogP contribution in [0.1, 0.15) is 18.5 Å². The number of carbonyl (C=O) groups is 1. The second kappa shape index (κ2) is 10.1. The van der Waals surface area contributed by atoms with Gasteiger partial charge in [0.05, 0.1) is 9.79 Å². The fourth-order valence-electron chi connectivity index (χ4n) is 2.90. The van der Waals surface area contributed by atoms with Crippen LogP contribution in [-0.4, -0.2) is 29.3 Å². The quantitative estimate of drug-likeness (QED) is 0.421. The van der Waals surface area contributed by atoms with Crippen LogP contribution in [0.2, 0.25) is 0 Å². The van der Waals surface area contributed by atoms with Crippen LogP contribution >= 0.6 is 0 Å². The van der Waals surface area contributed by atoms with E-state index >= 15 is 0 Å². The van der Waals surface area contributed by atoms with E-state index in [1.165, 1.54) is 48.5 Å². The Morgan fingerprint density at radius 1 is 0.879 bits per heavy atom. The van der Waals surface area contributed by atoms with Gasteiger partial charge in [0.2, 0.25) is 20.0 Å². The predicted molar refractivity (Wildman–Crippen MR) is 124 cm³/mol. The average Bonchev–Trinajstić information content (AvgIpc) is 2.78. The van der Waals surface area contributed by atoms with Crippen LogP contribution in [0.3, 0.4) is 0 Å². The molecule has 0 bridgehead atoms. The normalized spacial score (nSPS) is 12.7. The highest BCUT2D eigenvalue weighted by atomic mass is 32.2. The second-order valence-corrected chi connectivity index (χ2v) is 10.4. The molecular weight excluding hydrogens is 466 g/mol. The summed E-state index contributed by atoms with van der Waals surface area (Å²) in [5.74, 6) is -0.168. The summed E-state index contributed by atoms with van der Waals surface area (Å²) in [6.45, 7) is 1.43. The van der Waals surface area contributed by atoms with Crippen molar-refractivity contribution in [1.82, 2.24) is 4.72 Å². The third-order valence-corrected chi connectivity index (χ3v) is 7.09. The second-order valence-electron chi connectivity index (χ2n) is 7.13. The summed E-state index contributed by atoms with van der Waals surface area (Å²) in [5.41, 5.74) is 1.21. The van der Waals surface area contributed by atoms with E-state index in [1.807, 2.05) is 30.3 Å². The van der Waals surface area contributed by atoms with Crippen LogP contribution in [0.25, 0.3) is 0 Å². The summed E-state index contributed by atoms with van der Waals surface area (Å²) >= 11 is 0. The molecule has 9 nitrogen and oxygen atoms in total. The highest BCUT2D eigenvalue weighted by Gasteiger charge is 2.18. The Morgan fingerprint density at radius 3 is 2.03 bits per heavy atom. The van der Waals surface area contributed by atoms with Crippen molar-refractivity contribution in [2.24, 2.45) is 5.14 Å².